The molecule has 0 bridgehead atoms. The number of hydrogen-bond acceptors (Lipinski definition) is 4. The molecule has 1 aromatic heterocycles. The number of fused-ring (bicyclic) bond motifs is 1. The van der Waals surface area contributed by atoms with Gasteiger partial charge in [0, 0.05) is 11.1 Å². The molecule has 2 aromatic carbocycles. The number of aromatic nitrogens is 1. The molecule has 0 aliphatic heterocycles. The summed E-state index contributed by atoms with van der Waals surface area (Å²) in [5, 5.41) is 12.4. The lowest BCUT2D eigenvalue weighted by atomic mass is 10.0. The average molecular weight is 366 g/mol. The Hall–Kier alpha value is -2.99. The molecule has 1 unspecified atom stereocenters. The van der Waals surface area contributed by atoms with Gasteiger partial charge in [-0.15, -0.1) is 11.3 Å². The van der Waals surface area contributed by atoms with Crippen molar-refractivity contribution in [3.63, 3.8) is 0 Å². The number of rotatable bonds is 6. The summed E-state index contributed by atoms with van der Waals surface area (Å²) < 4.78 is 1.07. The molecule has 0 aliphatic rings. The second kappa shape index (κ2) is 7.49. The van der Waals surface area contributed by atoms with Crippen molar-refractivity contribution < 1.29 is 14.7 Å². The Morgan fingerprint density at radius 3 is 2.62 bits per heavy atom. The van der Waals surface area contributed by atoms with Crippen LogP contribution in [0.5, 0.6) is 0 Å². The van der Waals surface area contributed by atoms with Crippen LogP contribution in [0.3, 0.4) is 0 Å². The number of carboxylic acid groups (broad SMARTS) is 1. The van der Waals surface area contributed by atoms with Gasteiger partial charge in [0.2, 0.25) is 0 Å². The predicted octanol–water partition coefficient (Wildman–Crippen LogP) is 3.95. The second-order valence-corrected chi connectivity index (χ2v) is 6.85. The molecule has 1 amide bonds. The number of hydrogen-bond donors (Lipinski definition) is 2. The summed E-state index contributed by atoms with van der Waals surface area (Å²) in [7, 11) is 0. The van der Waals surface area contributed by atoms with E-state index in [1.54, 1.807) is 36.5 Å². The van der Waals surface area contributed by atoms with Crippen LogP contribution in [-0.4, -0.2) is 28.0 Å². The maximum atomic E-state index is 12.4. The zero-order valence-corrected chi connectivity index (χ0v) is 15.0. The summed E-state index contributed by atoms with van der Waals surface area (Å²) in [5.41, 5.74) is 2.81. The molecule has 0 spiro atoms. The van der Waals surface area contributed by atoms with Gasteiger partial charge in [0.25, 0.3) is 5.91 Å². The van der Waals surface area contributed by atoms with Crippen LogP contribution < -0.4 is 5.32 Å². The van der Waals surface area contributed by atoms with E-state index in [1.807, 2.05) is 30.3 Å². The summed E-state index contributed by atoms with van der Waals surface area (Å²) in [4.78, 5) is 28.0. The Balaban J connectivity index is 1.85. The van der Waals surface area contributed by atoms with Crippen LogP contribution in [-0.2, 0) is 4.79 Å². The Morgan fingerprint density at radius 2 is 1.92 bits per heavy atom. The van der Waals surface area contributed by atoms with Crippen molar-refractivity contribution in [1.29, 1.82) is 0 Å². The van der Waals surface area contributed by atoms with Crippen molar-refractivity contribution in [2.24, 2.45) is 0 Å². The maximum Gasteiger partial charge on any atom is 0.326 e. The first-order valence-corrected chi connectivity index (χ1v) is 9.00. The zero-order valence-electron chi connectivity index (χ0n) is 14.2. The van der Waals surface area contributed by atoms with Crippen LogP contribution >= 0.6 is 11.3 Å². The molecule has 0 fully saturated rings. The van der Waals surface area contributed by atoms with Crippen molar-refractivity contribution in [3.8, 4) is 0 Å². The third-order valence-corrected chi connectivity index (χ3v) is 5.13. The fraction of sp³-hybridized carbons (Fsp3) is 0.150. The van der Waals surface area contributed by atoms with Gasteiger partial charge in [0.15, 0.2) is 0 Å². The van der Waals surface area contributed by atoms with Crippen molar-refractivity contribution in [2.75, 3.05) is 0 Å². The first-order valence-electron chi connectivity index (χ1n) is 8.18. The Morgan fingerprint density at radius 1 is 1.19 bits per heavy atom. The minimum absolute atomic E-state index is 0.319. The van der Waals surface area contributed by atoms with Crippen LogP contribution in [0.15, 0.2) is 55.1 Å². The smallest absolute Gasteiger partial charge is 0.326 e. The predicted molar refractivity (Wildman–Crippen MR) is 103 cm³/mol. The highest BCUT2D eigenvalue weighted by molar-refractivity contribution is 7.19. The van der Waals surface area contributed by atoms with Crippen molar-refractivity contribution >= 4 is 39.0 Å². The van der Waals surface area contributed by atoms with Gasteiger partial charge in [-0.25, -0.2) is 9.78 Å². The molecule has 3 aromatic rings. The van der Waals surface area contributed by atoms with Crippen molar-refractivity contribution in [3.05, 3.63) is 71.2 Å². The van der Waals surface area contributed by atoms with Gasteiger partial charge in [-0.05, 0) is 36.2 Å². The quantitative estimate of drug-likeness (QED) is 0.692. The van der Waals surface area contributed by atoms with Crippen LogP contribution in [0.25, 0.3) is 15.8 Å². The van der Waals surface area contributed by atoms with E-state index < -0.39 is 17.9 Å². The molecule has 1 atom stereocenters. The highest BCUT2D eigenvalue weighted by Gasteiger charge is 2.19. The molecule has 3 rings (SSSR count). The number of thiazole rings is 1. The Bertz CT molecular complexity index is 960. The maximum absolute atomic E-state index is 12.4. The SMILES string of the molecule is C=C(c1cccc(C(=O)NC(CC)C(=O)O)c1)c1nc2ccccc2s1. The van der Waals surface area contributed by atoms with E-state index in [2.05, 4.69) is 16.9 Å². The molecule has 0 aliphatic carbocycles. The number of benzene rings is 2. The molecule has 26 heavy (non-hydrogen) atoms. The number of nitrogens with one attached hydrogen (secondary N) is 1. The fourth-order valence-corrected chi connectivity index (χ4v) is 3.51. The molecular weight excluding hydrogens is 348 g/mol. The minimum atomic E-state index is -1.05. The highest BCUT2D eigenvalue weighted by atomic mass is 32.1. The number of aliphatic carboxylic acids is 1. The Labute approximate surface area is 155 Å². The van der Waals surface area contributed by atoms with Gasteiger partial charge >= 0.3 is 5.97 Å². The van der Waals surface area contributed by atoms with E-state index in [-0.39, 0.29) is 0 Å². The summed E-state index contributed by atoms with van der Waals surface area (Å²) in [6.45, 7) is 5.83. The number of amides is 1. The second-order valence-electron chi connectivity index (χ2n) is 5.82. The molecule has 5 nitrogen and oxygen atoms in total. The van der Waals surface area contributed by atoms with Gasteiger partial charge in [0.1, 0.15) is 11.0 Å². The van der Waals surface area contributed by atoms with Crippen LogP contribution in [0, 0.1) is 0 Å². The summed E-state index contributed by atoms with van der Waals surface area (Å²) in [6.07, 6.45) is 0.319. The first-order chi connectivity index (χ1) is 12.5. The van der Waals surface area contributed by atoms with E-state index in [4.69, 9.17) is 5.11 Å². The van der Waals surface area contributed by atoms with Crippen LogP contribution in [0.1, 0.15) is 34.3 Å². The average Bonchev–Trinajstić information content (AvgIpc) is 3.09. The monoisotopic (exact) mass is 366 g/mol. The third kappa shape index (κ3) is 3.65. The molecule has 1 heterocycles. The van der Waals surface area contributed by atoms with E-state index in [9.17, 15) is 9.59 Å². The topological polar surface area (TPSA) is 79.3 Å². The number of carbonyl (C=O) groups is 2. The number of carbonyl (C=O) groups excluding carboxylic acids is 1. The largest absolute Gasteiger partial charge is 0.480 e. The van der Waals surface area contributed by atoms with E-state index in [1.165, 1.54) is 0 Å². The number of para-hydroxylation sites is 1. The lowest BCUT2D eigenvalue weighted by Gasteiger charge is -2.13. The first kappa shape index (κ1) is 17.8. The van der Waals surface area contributed by atoms with E-state index in [0.717, 1.165) is 26.4 Å². The molecule has 0 saturated heterocycles. The molecule has 2 N–H and O–H groups in total. The normalized spacial score (nSPS) is 11.9. The molecule has 0 radical (unpaired) electrons. The zero-order chi connectivity index (χ0) is 18.7. The Kier molecular flexibility index (Phi) is 5.14. The van der Waals surface area contributed by atoms with Crippen LogP contribution in [0.2, 0.25) is 0 Å². The van der Waals surface area contributed by atoms with E-state index >= 15 is 0 Å². The van der Waals surface area contributed by atoms with Crippen molar-refractivity contribution in [2.45, 2.75) is 19.4 Å². The molecule has 132 valence electrons. The van der Waals surface area contributed by atoms with Gasteiger partial charge < -0.3 is 10.4 Å². The summed E-state index contributed by atoms with van der Waals surface area (Å²) in [5.74, 6) is -1.46. The van der Waals surface area contributed by atoms with Gasteiger partial charge in [-0.2, -0.15) is 0 Å². The van der Waals surface area contributed by atoms with Gasteiger partial charge in [-0.1, -0.05) is 37.8 Å². The summed E-state index contributed by atoms with van der Waals surface area (Å²) >= 11 is 1.54. The van der Waals surface area contributed by atoms with Crippen molar-refractivity contribution in [1.82, 2.24) is 10.3 Å². The molecular formula is C20H18N2O3S. The fourth-order valence-electron chi connectivity index (χ4n) is 2.55. The lowest BCUT2D eigenvalue weighted by Crippen LogP contribution is -2.40. The molecule has 6 heteroatoms. The number of carboxylic acids is 1. The van der Waals surface area contributed by atoms with E-state index in [0.29, 0.717) is 12.0 Å². The third-order valence-electron chi connectivity index (χ3n) is 4.04. The van der Waals surface area contributed by atoms with Gasteiger partial charge in [0.05, 0.1) is 10.2 Å². The minimum Gasteiger partial charge on any atom is -0.480 e. The highest BCUT2D eigenvalue weighted by Crippen LogP contribution is 2.30. The van der Waals surface area contributed by atoms with Crippen LogP contribution in [0.4, 0.5) is 0 Å². The standard InChI is InChI=1S/C20H18N2O3S/c1-3-15(20(24)25)21-18(23)14-8-6-7-13(11-14)12(2)19-22-16-9-4-5-10-17(16)26-19/h4-11,15H,2-3H2,1H3,(H,21,23)(H,24,25). The number of nitrogens with zero attached hydrogens (tertiary/aromatic N) is 1. The summed E-state index contributed by atoms with van der Waals surface area (Å²) in [6, 6.07) is 13.9. The van der Waals surface area contributed by atoms with Gasteiger partial charge in [-0.3, -0.25) is 4.79 Å². The molecule has 0 saturated carbocycles. The lowest BCUT2D eigenvalue weighted by molar-refractivity contribution is -0.139.